The Morgan fingerprint density at radius 2 is 1.77 bits per heavy atom. The molecule has 1 amide bonds. The van der Waals surface area contributed by atoms with Crippen LogP contribution < -0.4 is 10.6 Å². The highest BCUT2D eigenvalue weighted by Gasteiger charge is 2.11. The Hall–Kier alpha value is -3.06. The molecule has 0 saturated heterocycles. The molecule has 3 aromatic rings. The van der Waals surface area contributed by atoms with E-state index < -0.39 is 6.10 Å². The van der Waals surface area contributed by atoms with Crippen molar-refractivity contribution in [1.82, 2.24) is 5.32 Å². The average molecular weight is 423 g/mol. The van der Waals surface area contributed by atoms with Crippen LogP contribution in [0.2, 0.25) is 0 Å². The van der Waals surface area contributed by atoms with Gasteiger partial charge in [-0.05, 0) is 42.8 Å². The number of rotatable bonds is 10. The van der Waals surface area contributed by atoms with Crippen molar-refractivity contribution in [2.75, 3.05) is 18.5 Å². The molecule has 2 atom stereocenters. The van der Waals surface area contributed by atoms with E-state index in [1.54, 1.807) is 30.3 Å². The number of benzene rings is 3. The van der Waals surface area contributed by atoms with E-state index in [2.05, 4.69) is 10.6 Å². The van der Waals surface area contributed by atoms with Crippen molar-refractivity contribution >= 4 is 11.6 Å². The molecule has 31 heavy (non-hydrogen) atoms. The number of hydrogen-bond donors (Lipinski definition) is 3. The fourth-order valence-electron chi connectivity index (χ4n) is 3.09. The molecule has 0 bridgehead atoms. The predicted octanol–water partition coefficient (Wildman–Crippen LogP) is 4.31. The second-order valence-corrected chi connectivity index (χ2v) is 7.34. The van der Waals surface area contributed by atoms with Crippen molar-refractivity contribution in [2.45, 2.75) is 25.7 Å². The van der Waals surface area contributed by atoms with Crippen LogP contribution in [0.5, 0.6) is 0 Å². The van der Waals surface area contributed by atoms with E-state index >= 15 is 0 Å². The van der Waals surface area contributed by atoms with Crippen molar-refractivity contribution < 1.29 is 19.0 Å². The topological polar surface area (TPSA) is 70.6 Å². The molecule has 0 aromatic heterocycles. The number of hydrogen-bond acceptors (Lipinski definition) is 4. The molecule has 2 unspecified atom stereocenters. The van der Waals surface area contributed by atoms with E-state index in [-0.39, 0.29) is 31.0 Å². The van der Waals surface area contributed by atoms with E-state index in [4.69, 9.17) is 4.74 Å². The monoisotopic (exact) mass is 422 g/mol. The van der Waals surface area contributed by atoms with Crippen LogP contribution in [-0.2, 0) is 11.3 Å². The number of aliphatic hydroxyl groups excluding tert-OH is 1. The normalized spacial score (nSPS) is 12.9. The number of nitrogens with one attached hydrogen (secondary N) is 2. The van der Waals surface area contributed by atoms with Gasteiger partial charge in [-0.2, -0.15) is 0 Å². The van der Waals surface area contributed by atoms with Gasteiger partial charge >= 0.3 is 0 Å². The third-order valence-electron chi connectivity index (χ3n) is 4.87. The van der Waals surface area contributed by atoms with Crippen LogP contribution in [0, 0.1) is 5.82 Å². The lowest BCUT2D eigenvalue weighted by molar-refractivity contribution is 0.0268. The summed E-state index contributed by atoms with van der Waals surface area (Å²) in [4.78, 5) is 12.3. The summed E-state index contributed by atoms with van der Waals surface area (Å²) in [6.45, 7) is 2.51. The van der Waals surface area contributed by atoms with Gasteiger partial charge in [-0.1, -0.05) is 48.5 Å². The molecule has 5 nitrogen and oxygen atoms in total. The van der Waals surface area contributed by atoms with Gasteiger partial charge in [-0.15, -0.1) is 0 Å². The van der Waals surface area contributed by atoms with Crippen molar-refractivity contribution in [3.05, 3.63) is 101 Å². The van der Waals surface area contributed by atoms with Crippen molar-refractivity contribution in [1.29, 1.82) is 0 Å². The summed E-state index contributed by atoms with van der Waals surface area (Å²) in [6, 6.07) is 23.0. The van der Waals surface area contributed by atoms with E-state index in [1.165, 1.54) is 6.07 Å². The second kappa shape index (κ2) is 11.4. The minimum Gasteiger partial charge on any atom is -0.389 e. The first-order valence-electron chi connectivity index (χ1n) is 10.2. The molecular formula is C25H27FN2O3. The Bertz CT molecular complexity index is 981. The van der Waals surface area contributed by atoms with Crippen LogP contribution in [0.4, 0.5) is 10.1 Å². The summed E-state index contributed by atoms with van der Waals surface area (Å²) in [6.07, 6.45) is -0.727. The number of carbonyl (C=O) groups excluding carboxylic acids is 1. The highest BCUT2D eigenvalue weighted by atomic mass is 19.1. The van der Waals surface area contributed by atoms with Gasteiger partial charge in [0.15, 0.2) is 0 Å². The van der Waals surface area contributed by atoms with E-state index in [1.807, 2.05) is 49.4 Å². The van der Waals surface area contributed by atoms with Gasteiger partial charge in [-0.25, -0.2) is 4.39 Å². The molecule has 0 radical (unpaired) electrons. The van der Waals surface area contributed by atoms with E-state index in [0.29, 0.717) is 23.4 Å². The molecule has 0 aliphatic rings. The second-order valence-electron chi connectivity index (χ2n) is 7.34. The van der Waals surface area contributed by atoms with Crippen LogP contribution >= 0.6 is 0 Å². The molecule has 6 heteroatoms. The molecule has 0 saturated carbocycles. The van der Waals surface area contributed by atoms with Gasteiger partial charge in [-0.3, -0.25) is 4.79 Å². The minimum atomic E-state index is -0.727. The van der Waals surface area contributed by atoms with Gasteiger partial charge in [0.25, 0.3) is 5.91 Å². The fraction of sp³-hybridized carbons (Fsp3) is 0.240. The highest BCUT2D eigenvalue weighted by molar-refractivity contribution is 6.04. The summed E-state index contributed by atoms with van der Waals surface area (Å²) in [5.74, 6) is -0.483. The van der Waals surface area contributed by atoms with Crippen molar-refractivity contribution in [2.24, 2.45) is 0 Å². The maximum Gasteiger partial charge on any atom is 0.255 e. The average Bonchev–Trinajstić information content (AvgIpc) is 2.79. The number of carbonyl (C=O) groups is 1. The lowest BCUT2D eigenvalue weighted by Gasteiger charge is -2.18. The van der Waals surface area contributed by atoms with Crippen molar-refractivity contribution in [3.8, 4) is 0 Å². The third-order valence-corrected chi connectivity index (χ3v) is 4.87. The summed E-state index contributed by atoms with van der Waals surface area (Å²) in [5, 5.41) is 16.3. The zero-order valence-electron chi connectivity index (χ0n) is 17.4. The van der Waals surface area contributed by atoms with Gasteiger partial charge in [0.2, 0.25) is 0 Å². The summed E-state index contributed by atoms with van der Waals surface area (Å²) >= 11 is 0. The zero-order valence-corrected chi connectivity index (χ0v) is 17.4. The lowest BCUT2D eigenvalue weighted by atomic mass is 10.1. The maximum absolute atomic E-state index is 13.6. The molecule has 3 rings (SSSR count). The van der Waals surface area contributed by atoms with Gasteiger partial charge in [0, 0.05) is 29.4 Å². The largest absolute Gasteiger partial charge is 0.389 e. The molecule has 0 aliphatic carbocycles. The van der Waals surface area contributed by atoms with E-state index in [0.717, 1.165) is 5.56 Å². The number of amides is 1. The van der Waals surface area contributed by atoms with Crippen LogP contribution in [0.3, 0.4) is 0 Å². The molecule has 0 aliphatic heterocycles. The first-order valence-corrected chi connectivity index (χ1v) is 10.2. The first kappa shape index (κ1) is 22.6. The minimum absolute atomic E-state index is 0.0465. The number of anilines is 1. The Labute approximate surface area is 181 Å². The Kier molecular flexibility index (Phi) is 8.29. The molecular weight excluding hydrogens is 395 g/mol. The molecule has 162 valence electrons. The van der Waals surface area contributed by atoms with E-state index in [9.17, 15) is 14.3 Å². The smallest absolute Gasteiger partial charge is 0.255 e. The number of aliphatic hydroxyl groups is 1. The molecule has 0 spiro atoms. The van der Waals surface area contributed by atoms with Crippen LogP contribution in [0.25, 0.3) is 0 Å². The summed E-state index contributed by atoms with van der Waals surface area (Å²) in [7, 11) is 0. The van der Waals surface area contributed by atoms with Gasteiger partial charge in [0.05, 0.1) is 19.3 Å². The molecule has 0 fully saturated rings. The molecule has 3 aromatic carbocycles. The molecule has 0 heterocycles. The van der Waals surface area contributed by atoms with Gasteiger partial charge < -0.3 is 20.5 Å². The van der Waals surface area contributed by atoms with Crippen LogP contribution in [0.15, 0.2) is 78.9 Å². The van der Waals surface area contributed by atoms with Crippen LogP contribution in [-0.4, -0.2) is 30.3 Å². The summed E-state index contributed by atoms with van der Waals surface area (Å²) < 4.78 is 19.0. The Balaban J connectivity index is 1.45. The number of ether oxygens (including phenoxy) is 1. The SMILES string of the molecule is CC(NCC(O)COCc1ccccc1F)c1cccc(NC(=O)c2ccccc2)c1. The predicted molar refractivity (Wildman–Crippen MR) is 119 cm³/mol. The standard InChI is InChI=1S/C25H27FN2O3/c1-18(27-15-23(29)17-31-16-21-10-5-6-13-24(21)26)20-11-7-12-22(14-20)28-25(30)19-8-3-2-4-9-19/h2-14,18,23,27,29H,15-17H2,1H3,(H,28,30). The zero-order chi connectivity index (χ0) is 22.1. The highest BCUT2D eigenvalue weighted by Crippen LogP contribution is 2.18. The Morgan fingerprint density at radius 1 is 1.03 bits per heavy atom. The summed E-state index contributed by atoms with van der Waals surface area (Å²) in [5.41, 5.74) is 2.74. The first-order chi connectivity index (χ1) is 15.0. The van der Waals surface area contributed by atoms with Gasteiger partial charge in [0.1, 0.15) is 5.82 Å². The third kappa shape index (κ3) is 7.00. The lowest BCUT2D eigenvalue weighted by Crippen LogP contribution is -2.32. The number of halogens is 1. The fourth-order valence-corrected chi connectivity index (χ4v) is 3.09. The quantitative estimate of drug-likeness (QED) is 0.455. The van der Waals surface area contributed by atoms with Crippen LogP contribution in [0.1, 0.15) is 34.5 Å². The molecule has 3 N–H and O–H groups in total. The maximum atomic E-state index is 13.6. The van der Waals surface area contributed by atoms with Crippen molar-refractivity contribution in [3.63, 3.8) is 0 Å². The Morgan fingerprint density at radius 3 is 2.55 bits per heavy atom.